The second-order valence-corrected chi connectivity index (χ2v) is 5.87. The van der Waals surface area contributed by atoms with Crippen molar-refractivity contribution < 1.29 is 4.79 Å². The molecule has 0 amide bonds. The molecule has 0 saturated carbocycles. The normalized spacial score (nSPS) is 11.0. The number of aryl methyl sites for hydroxylation is 3. The first kappa shape index (κ1) is 13.9. The van der Waals surface area contributed by atoms with E-state index < -0.39 is 0 Å². The minimum absolute atomic E-state index is 0.00588. The third-order valence-corrected chi connectivity index (χ3v) is 4.23. The van der Waals surface area contributed by atoms with E-state index in [0.29, 0.717) is 16.1 Å². The molecule has 0 saturated heterocycles. The Kier molecular flexibility index (Phi) is 3.34. The standard InChI is InChI=1S/C18H16ClNO/c1-11-4-7-14-15(10-20(3)17(14)8-11)18(21)13-6-5-12(2)16(19)9-13/h4-10H,1-3H3. The van der Waals surface area contributed by atoms with Gasteiger partial charge in [0.1, 0.15) is 0 Å². The van der Waals surface area contributed by atoms with Gasteiger partial charge in [0.15, 0.2) is 5.78 Å². The summed E-state index contributed by atoms with van der Waals surface area (Å²) in [5.74, 6) is 0.00588. The SMILES string of the molecule is Cc1ccc2c(C(=O)c3ccc(C)c(Cl)c3)cn(C)c2c1. The molecule has 0 radical (unpaired) electrons. The summed E-state index contributed by atoms with van der Waals surface area (Å²) in [7, 11) is 1.96. The Morgan fingerprint density at radius 3 is 2.57 bits per heavy atom. The molecule has 0 bridgehead atoms. The molecule has 106 valence electrons. The highest BCUT2D eigenvalue weighted by atomic mass is 35.5. The van der Waals surface area contributed by atoms with Crippen molar-refractivity contribution in [2.45, 2.75) is 13.8 Å². The first-order valence-corrected chi connectivity index (χ1v) is 7.21. The Bertz CT molecular complexity index is 861. The molecule has 1 heterocycles. The molecule has 0 aliphatic heterocycles. The van der Waals surface area contributed by atoms with E-state index >= 15 is 0 Å². The van der Waals surface area contributed by atoms with Gasteiger partial charge >= 0.3 is 0 Å². The third-order valence-electron chi connectivity index (χ3n) is 3.82. The number of rotatable bonds is 2. The molecular weight excluding hydrogens is 282 g/mol. The molecule has 1 aromatic heterocycles. The lowest BCUT2D eigenvalue weighted by Gasteiger charge is -2.03. The molecule has 3 aromatic rings. The van der Waals surface area contributed by atoms with Gasteiger partial charge in [0, 0.05) is 40.3 Å². The van der Waals surface area contributed by atoms with Gasteiger partial charge in [0.05, 0.1) is 0 Å². The maximum Gasteiger partial charge on any atom is 0.195 e. The maximum absolute atomic E-state index is 12.8. The number of halogens is 1. The number of carbonyl (C=O) groups excluding carboxylic acids is 1. The van der Waals surface area contributed by atoms with Gasteiger partial charge in [-0.2, -0.15) is 0 Å². The monoisotopic (exact) mass is 297 g/mol. The number of benzene rings is 2. The van der Waals surface area contributed by atoms with Crippen LogP contribution < -0.4 is 0 Å². The summed E-state index contributed by atoms with van der Waals surface area (Å²) in [6.07, 6.45) is 1.89. The number of fused-ring (bicyclic) bond motifs is 1. The fourth-order valence-corrected chi connectivity index (χ4v) is 2.75. The molecule has 21 heavy (non-hydrogen) atoms. The summed E-state index contributed by atoms with van der Waals surface area (Å²) >= 11 is 6.13. The summed E-state index contributed by atoms with van der Waals surface area (Å²) in [5, 5.41) is 1.60. The van der Waals surface area contributed by atoms with Crippen LogP contribution in [0.4, 0.5) is 0 Å². The van der Waals surface area contributed by atoms with E-state index in [0.717, 1.165) is 16.5 Å². The van der Waals surface area contributed by atoms with Crippen LogP contribution >= 0.6 is 11.6 Å². The molecule has 0 atom stereocenters. The van der Waals surface area contributed by atoms with Gasteiger partial charge in [0.2, 0.25) is 0 Å². The van der Waals surface area contributed by atoms with E-state index in [1.165, 1.54) is 5.56 Å². The zero-order valence-corrected chi connectivity index (χ0v) is 13.0. The molecule has 2 nitrogen and oxygen atoms in total. The quantitative estimate of drug-likeness (QED) is 0.630. The lowest BCUT2D eigenvalue weighted by molar-refractivity contribution is 0.104. The molecular formula is C18H16ClNO. The zero-order chi connectivity index (χ0) is 15.1. The largest absolute Gasteiger partial charge is 0.350 e. The van der Waals surface area contributed by atoms with Crippen molar-refractivity contribution in [1.29, 1.82) is 0 Å². The minimum Gasteiger partial charge on any atom is -0.350 e. The lowest BCUT2D eigenvalue weighted by Crippen LogP contribution is -2.00. The maximum atomic E-state index is 12.8. The van der Waals surface area contributed by atoms with Crippen molar-refractivity contribution >= 4 is 28.3 Å². The first-order chi connectivity index (χ1) is 9.97. The van der Waals surface area contributed by atoms with E-state index in [1.807, 2.05) is 55.9 Å². The van der Waals surface area contributed by atoms with Crippen LogP contribution in [-0.2, 0) is 7.05 Å². The van der Waals surface area contributed by atoms with Crippen LogP contribution in [0.2, 0.25) is 5.02 Å². The van der Waals surface area contributed by atoms with E-state index in [1.54, 1.807) is 6.07 Å². The Labute approximate surface area is 129 Å². The Balaban J connectivity index is 2.15. The number of carbonyl (C=O) groups is 1. The average Bonchev–Trinajstić information content (AvgIpc) is 2.78. The Morgan fingerprint density at radius 2 is 1.86 bits per heavy atom. The van der Waals surface area contributed by atoms with E-state index in [-0.39, 0.29) is 5.78 Å². The lowest BCUT2D eigenvalue weighted by atomic mass is 10.0. The molecule has 0 aliphatic rings. The van der Waals surface area contributed by atoms with Crippen LogP contribution in [0.15, 0.2) is 42.6 Å². The van der Waals surface area contributed by atoms with Crippen molar-refractivity contribution in [2.24, 2.45) is 7.05 Å². The van der Waals surface area contributed by atoms with Gasteiger partial charge in [-0.05, 0) is 37.1 Å². The van der Waals surface area contributed by atoms with Crippen LogP contribution in [0, 0.1) is 13.8 Å². The van der Waals surface area contributed by atoms with Gasteiger partial charge in [-0.1, -0.05) is 35.9 Å². The van der Waals surface area contributed by atoms with Crippen LogP contribution in [0.3, 0.4) is 0 Å². The van der Waals surface area contributed by atoms with Crippen molar-refractivity contribution in [3.05, 3.63) is 69.9 Å². The average molecular weight is 298 g/mol. The highest BCUT2D eigenvalue weighted by Gasteiger charge is 2.16. The van der Waals surface area contributed by atoms with Crippen molar-refractivity contribution in [2.75, 3.05) is 0 Å². The molecule has 3 rings (SSSR count). The second-order valence-electron chi connectivity index (χ2n) is 5.47. The smallest absolute Gasteiger partial charge is 0.195 e. The highest BCUT2D eigenvalue weighted by Crippen LogP contribution is 2.26. The van der Waals surface area contributed by atoms with Crippen LogP contribution in [-0.4, -0.2) is 10.4 Å². The number of aromatic nitrogens is 1. The molecule has 0 spiro atoms. The topological polar surface area (TPSA) is 22.0 Å². The number of ketones is 1. The summed E-state index contributed by atoms with van der Waals surface area (Å²) in [6.45, 7) is 3.98. The molecule has 2 aromatic carbocycles. The van der Waals surface area contributed by atoms with E-state index in [9.17, 15) is 4.79 Å². The predicted molar refractivity (Wildman–Crippen MR) is 87.3 cm³/mol. The minimum atomic E-state index is 0.00588. The molecule has 0 unspecified atom stereocenters. The van der Waals surface area contributed by atoms with Gasteiger partial charge < -0.3 is 4.57 Å². The molecule has 3 heteroatoms. The first-order valence-electron chi connectivity index (χ1n) is 6.84. The van der Waals surface area contributed by atoms with E-state index in [4.69, 9.17) is 11.6 Å². The van der Waals surface area contributed by atoms with Crippen molar-refractivity contribution in [3.63, 3.8) is 0 Å². The Hall–Kier alpha value is -2.06. The predicted octanol–water partition coefficient (Wildman–Crippen LogP) is 4.68. The number of hydrogen-bond acceptors (Lipinski definition) is 1. The van der Waals surface area contributed by atoms with E-state index in [2.05, 4.69) is 6.07 Å². The third kappa shape index (κ3) is 2.36. The fourth-order valence-electron chi connectivity index (χ4n) is 2.56. The summed E-state index contributed by atoms with van der Waals surface area (Å²) in [4.78, 5) is 12.8. The zero-order valence-electron chi connectivity index (χ0n) is 12.3. The number of nitrogens with zero attached hydrogens (tertiary/aromatic N) is 1. The number of hydrogen-bond donors (Lipinski definition) is 0. The van der Waals surface area contributed by atoms with Crippen LogP contribution in [0.1, 0.15) is 27.0 Å². The summed E-state index contributed by atoms with van der Waals surface area (Å²) in [6, 6.07) is 11.6. The summed E-state index contributed by atoms with van der Waals surface area (Å²) in [5.41, 5.74) is 4.56. The molecule has 0 fully saturated rings. The Morgan fingerprint density at radius 1 is 1.10 bits per heavy atom. The van der Waals surface area contributed by atoms with Crippen molar-refractivity contribution in [1.82, 2.24) is 4.57 Å². The highest BCUT2D eigenvalue weighted by molar-refractivity contribution is 6.32. The van der Waals surface area contributed by atoms with Crippen LogP contribution in [0.5, 0.6) is 0 Å². The molecule has 0 aliphatic carbocycles. The fraction of sp³-hybridized carbons (Fsp3) is 0.167. The van der Waals surface area contributed by atoms with Gasteiger partial charge in [0.25, 0.3) is 0 Å². The van der Waals surface area contributed by atoms with Crippen LogP contribution in [0.25, 0.3) is 10.9 Å². The second kappa shape index (κ2) is 5.05. The van der Waals surface area contributed by atoms with Crippen molar-refractivity contribution in [3.8, 4) is 0 Å². The van der Waals surface area contributed by atoms with Gasteiger partial charge in [-0.3, -0.25) is 4.79 Å². The van der Waals surface area contributed by atoms with Gasteiger partial charge in [-0.25, -0.2) is 0 Å². The van der Waals surface area contributed by atoms with Gasteiger partial charge in [-0.15, -0.1) is 0 Å². The summed E-state index contributed by atoms with van der Waals surface area (Å²) < 4.78 is 1.99. The molecule has 0 N–H and O–H groups in total.